The van der Waals surface area contributed by atoms with Gasteiger partial charge in [0, 0.05) is 50.9 Å². The van der Waals surface area contributed by atoms with Crippen LogP contribution in [0.4, 0.5) is 17.1 Å². The van der Waals surface area contributed by atoms with Crippen LogP contribution in [0.1, 0.15) is 0 Å². The van der Waals surface area contributed by atoms with E-state index in [2.05, 4.69) is 203 Å². The smallest absolute Gasteiger partial charge is 0.235 e. The summed E-state index contributed by atoms with van der Waals surface area (Å²) in [6.07, 6.45) is 3.84. The molecule has 0 amide bonds. The maximum Gasteiger partial charge on any atom is 0.235 e. The lowest BCUT2D eigenvalue weighted by molar-refractivity contribution is 1.01. The van der Waals surface area contributed by atoms with Crippen LogP contribution in [0.2, 0.25) is 0 Å². The van der Waals surface area contributed by atoms with Gasteiger partial charge in [0.2, 0.25) is 5.95 Å². The Morgan fingerprint density at radius 3 is 1.95 bits per heavy atom. The van der Waals surface area contributed by atoms with Crippen LogP contribution < -0.4 is 4.90 Å². The van der Waals surface area contributed by atoms with E-state index in [1.54, 1.807) is 0 Å². The van der Waals surface area contributed by atoms with Crippen LogP contribution in [0.3, 0.4) is 0 Å². The third-order valence-corrected chi connectivity index (χ3v) is 11.6. The molecule has 5 heteroatoms. The molecule has 270 valence electrons. The highest BCUT2D eigenvalue weighted by Gasteiger charge is 2.31. The highest BCUT2D eigenvalue weighted by atomic mass is 15.2. The van der Waals surface area contributed by atoms with Gasteiger partial charge in [-0.3, -0.25) is 9.55 Å². The monoisotopic (exact) mass is 739 g/mol. The molecule has 3 aromatic heterocycles. The molecule has 0 N–H and O–H groups in total. The molecule has 0 aliphatic carbocycles. The van der Waals surface area contributed by atoms with Crippen molar-refractivity contribution in [1.82, 2.24) is 19.5 Å². The van der Waals surface area contributed by atoms with Crippen LogP contribution >= 0.6 is 0 Å². The second-order valence-corrected chi connectivity index (χ2v) is 14.8. The Balaban J connectivity index is 1.16. The molecule has 0 bridgehead atoms. The maximum absolute atomic E-state index is 5.54. The van der Waals surface area contributed by atoms with Crippen LogP contribution in [0, 0.1) is 0 Å². The predicted molar refractivity (Wildman–Crippen MR) is 239 cm³/mol. The second-order valence-electron chi connectivity index (χ2n) is 14.8. The van der Waals surface area contributed by atoms with E-state index in [1.165, 1.54) is 38.6 Å². The van der Waals surface area contributed by atoms with Gasteiger partial charge in [-0.25, -0.2) is 9.97 Å². The minimum absolute atomic E-state index is 0.602. The van der Waals surface area contributed by atoms with Gasteiger partial charge in [-0.05, 0) is 63.4 Å². The third-order valence-electron chi connectivity index (χ3n) is 11.6. The topological polar surface area (TPSA) is 46.8 Å². The number of benzene rings is 8. The van der Waals surface area contributed by atoms with Crippen molar-refractivity contribution in [3.63, 3.8) is 0 Å². The number of rotatable bonds is 4. The number of fused-ring (bicyclic) bond motifs is 11. The largest absolute Gasteiger partial charge is 0.307 e. The molecule has 58 heavy (non-hydrogen) atoms. The van der Waals surface area contributed by atoms with E-state index in [9.17, 15) is 0 Å². The van der Waals surface area contributed by atoms with Crippen LogP contribution in [0.5, 0.6) is 0 Å². The number of hydrogen-bond donors (Lipinski definition) is 0. The second kappa shape index (κ2) is 12.8. The van der Waals surface area contributed by atoms with Crippen molar-refractivity contribution in [2.45, 2.75) is 0 Å². The van der Waals surface area contributed by atoms with Crippen LogP contribution in [0.15, 0.2) is 200 Å². The molecule has 12 rings (SSSR count). The van der Waals surface area contributed by atoms with E-state index < -0.39 is 0 Å². The van der Waals surface area contributed by atoms with E-state index in [1.807, 2.05) is 12.4 Å². The first-order chi connectivity index (χ1) is 28.8. The summed E-state index contributed by atoms with van der Waals surface area (Å²) in [6, 6.07) is 67.0. The molecule has 5 nitrogen and oxygen atoms in total. The summed E-state index contributed by atoms with van der Waals surface area (Å²) in [5, 5.41) is 5.59. The molecule has 1 aliphatic rings. The van der Waals surface area contributed by atoms with Crippen molar-refractivity contribution >= 4 is 60.5 Å². The molecule has 0 unspecified atom stereocenters. The van der Waals surface area contributed by atoms with Gasteiger partial charge < -0.3 is 4.90 Å². The summed E-state index contributed by atoms with van der Waals surface area (Å²) >= 11 is 0. The fraction of sp³-hybridized carbons (Fsp3) is 0. The summed E-state index contributed by atoms with van der Waals surface area (Å²) in [7, 11) is 0. The Bertz CT molecular complexity index is 3400. The van der Waals surface area contributed by atoms with Crippen LogP contribution in [0.25, 0.3) is 94.1 Å². The van der Waals surface area contributed by atoms with Gasteiger partial charge >= 0.3 is 0 Å². The Hall–Kier alpha value is -7.89. The van der Waals surface area contributed by atoms with Crippen molar-refractivity contribution in [2.24, 2.45) is 0 Å². The highest BCUT2D eigenvalue weighted by Crippen LogP contribution is 2.54. The van der Waals surface area contributed by atoms with Crippen molar-refractivity contribution in [3.8, 4) is 50.6 Å². The molecule has 0 atom stereocenters. The fourth-order valence-corrected chi connectivity index (χ4v) is 9.07. The first-order valence-corrected chi connectivity index (χ1v) is 19.6. The molecule has 0 saturated heterocycles. The normalized spacial score (nSPS) is 12.1. The fourth-order valence-electron chi connectivity index (χ4n) is 9.07. The number of aromatic nitrogens is 4. The molecule has 0 spiro atoms. The highest BCUT2D eigenvalue weighted by molar-refractivity contribution is 6.19. The lowest BCUT2D eigenvalue weighted by Gasteiger charge is -2.28. The lowest BCUT2D eigenvalue weighted by Crippen LogP contribution is -2.13. The quantitative estimate of drug-likeness (QED) is 0.180. The first kappa shape index (κ1) is 32.4. The Labute approximate surface area is 334 Å². The zero-order chi connectivity index (χ0) is 38.2. The Morgan fingerprint density at radius 2 is 1.09 bits per heavy atom. The van der Waals surface area contributed by atoms with Gasteiger partial charge in [0.05, 0.1) is 33.6 Å². The average molecular weight is 740 g/mol. The summed E-state index contributed by atoms with van der Waals surface area (Å²) in [5.41, 5.74) is 15.1. The number of anilines is 3. The zero-order valence-corrected chi connectivity index (χ0v) is 31.3. The molecule has 0 radical (unpaired) electrons. The summed E-state index contributed by atoms with van der Waals surface area (Å²) in [5.74, 6) is 0.602. The molecular formula is C53H33N5. The van der Waals surface area contributed by atoms with E-state index in [0.29, 0.717) is 5.95 Å². The van der Waals surface area contributed by atoms with E-state index in [-0.39, 0.29) is 0 Å². The van der Waals surface area contributed by atoms with Crippen LogP contribution in [-0.2, 0) is 0 Å². The van der Waals surface area contributed by atoms with Gasteiger partial charge in [0.1, 0.15) is 0 Å². The summed E-state index contributed by atoms with van der Waals surface area (Å²) < 4.78 is 2.26. The standard InChI is InChI=1S/C53H33N5/c1-2-15-37(16-3-1)57-48-24-11-9-20-42(48)40-18-6-7-19-41(40)43-29-30-44-46-33-54-32-31-49(46)58(52(44)51(43)57)53-55-47-23-10-8-21-45(47)50(56-53)36-27-25-35(26-28-36)39-22-12-14-34-13-4-5-17-38(34)39/h1-33H. The third kappa shape index (κ3) is 4.87. The molecule has 0 fully saturated rings. The molecule has 4 heterocycles. The van der Waals surface area contributed by atoms with Crippen molar-refractivity contribution in [1.29, 1.82) is 0 Å². The van der Waals surface area contributed by atoms with Crippen molar-refractivity contribution in [2.75, 3.05) is 4.90 Å². The number of pyridine rings is 1. The number of para-hydroxylation sites is 3. The van der Waals surface area contributed by atoms with Gasteiger partial charge in [-0.15, -0.1) is 0 Å². The van der Waals surface area contributed by atoms with Gasteiger partial charge in [0.15, 0.2) is 0 Å². The van der Waals surface area contributed by atoms with Crippen molar-refractivity contribution in [3.05, 3.63) is 200 Å². The zero-order valence-electron chi connectivity index (χ0n) is 31.3. The average Bonchev–Trinajstić information content (AvgIpc) is 3.57. The van der Waals surface area contributed by atoms with E-state index in [0.717, 1.165) is 66.6 Å². The van der Waals surface area contributed by atoms with E-state index >= 15 is 0 Å². The number of nitrogens with zero attached hydrogens (tertiary/aromatic N) is 5. The van der Waals surface area contributed by atoms with Crippen LogP contribution in [-0.4, -0.2) is 19.5 Å². The van der Waals surface area contributed by atoms with Gasteiger partial charge in [-0.1, -0.05) is 158 Å². The minimum Gasteiger partial charge on any atom is -0.307 e. The minimum atomic E-state index is 0.602. The van der Waals surface area contributed by atoms with Gasteiger partial charge in [-0.2, -0.15) is 0 Å². The molecule has 8 aromatic carbocycles. The van der Waals surface area contributed by atoms with E-state index in [4.69, 9.17) is 9.97 Å². The molecule has 11 aromatic rings. The molecule has 0 saturated carbocycles. The number of hydrogen-bond acceptors (Lipinski definition) is 4. The lowest BCUT2D eigenvalue weighted by atomic mass is 9.94. The SMILES string of the molecule is c1ccc(N2c3ccccc3-c3ccccc3-c3ccc4c5cnccc5n(-c5nc(-c6ccc(-c7cccc8ccccc78)cc6)c6ccccc6n5)c4c32)cc1. The van der Waals surface area contributed by atoms with Crippen molar-refractivity contribution < 1.29 is 0 Å². The Kier molecular flexibility index (Phi) is 7.16. The molecular weight excluding hydrogens is 707 g/mol. The Morgan fingerprint density at radius 1 is 0.414 bits per heavy atom. The summed E-state index contributed by atoms with van der Waals surface area (Å²) in [4.78, 5) is 18.0. The molecule has 1 aliphatic heterocycles. The summed E-state index contributed by atoms with van der Waals surface area (Å²) in [6.45, 7) is 0. The predicted octanol–water partition coefficient (Wildman–Crippen LogP) is 13.7. The van der Waals surface area contributed by atoms with Gasteiger partial charge in [0.25, 0.3) is 0 Å². The maximum atomic E-state index is 5.54. The first-order valence-electron chi connectivity index (χ1n) is 19.6.